The number of thioether (sulfide) groups is 1. The third-order valence-corrected chi connectivity index (χ3v) is 3.55. The van der Waals surface area contributed by atoms with Crippen LogP contribution in [0.1, 0.15) is 18.4 Å². The summed E-state index contributed by atoms with van der Waals surface area (Å²) in [6, 6.07) is 7.43. The van der Waals surface area contributed by atoms with Crippen LogP contribution in [0.2, 0.25) is 5.02 Å². The van der Waals surface area contributed by atoms with Gasteiger partial charge in [-0.2, -0.15) is 11.8 Å². The predicted octanol–water partition coefficient (Wildman–Crippen LogP) is 3.73. The van der Waals surface area contributed by atoms with Gasteiger partial charge in [0.05, 0.1) is 5.92 Å². The molecule has 0 radical (unpaired) electrons. The number of aliphatic carboxylic acids is 1. The standard InChI is InChI=1S/C13H17ClO2S/c1-17-7-3-5-11(13(15)16)8-10-4-2-6-12(14)9-10/h2,4,6,9,11H,3,5,7-8H2,1H3,(H,15,16). The fraction of sp³-hybridized carbons (Fsp3) is 0.462. The molecule has 1 N–H and O–H groups in total. The third kappa shape index (κ3) is 5.46. The van der Waals surface area contributed by atoms with Gasteiger partial charge < -0.3 is 5.11 Å². The van der Waals surface area contributed by atoms with Crippen molar-refractivity contribution in [2.75, 3.05) is 12.0 Å². The number of halogens is 1. The average molecular weight is 273 g/mol. The highest BCUT2D eigenvalue weighted by atomic mass is 35.5. The Morgan fingerprint density at radius 3 is 2.88 bits per heavy atom. The molecule has 17 heavy (non-hydrogen) atoms. The van der Waals surface area contributed by atoms with E-state index in [1.54, 1.807) is 17.8 Å². The van der Waals surface area contributed by atoms with Crippen molar-refractivity contribution in [3.05, 3.63) is 34.9 Å². The second-order valence-electron chi connectivity index (χ2n) is 4.00. The molecule has 94 valence electrons. The van der Waals surface area contributed by atoms with Gasteiger partial charge in [0.2, 0.25) is 0 Å². The highest BCUT2D eigenvalue weighted by molar-refractivity contribution is 7.98. The molecule has 2 nitrogen and oxygen atoms in total. The maximum absolute atomic E-state index is 11.1. The van der Waals surface area contributed by atoms with Crippen molar-refractivity contribution >= 4 is 29.3 Å². The molecular formula is C13H17ClO2S. The maximum atomic E-state index is 11.1. The van der Waals surface area contributed by atoms with Gasteiger partial charge in [-0.25, -0.2) is 0 Å². The van der Waals surface area contributed by atoms with E-state index in [1.807, 2.05) is 24.5 Å². The number of benzene rings is 1. The Labute approximate surface area is 111 Å². The highest BCUT2D eigenvalue weighted by Gasteiger charge is 2.17. The van der Waals surface area contributed by atoms with Gasteiger partial charge in [-0.3, -0.25) is 4.79 Å². The summed E-state index contributed by atoms with van der Waals surface area (Å²) in [5.41, 5.74) is 0.994. The molecule has 0 amide bonds. The molecule has 0 heterocycles. The van der Waals surface area contributed by atoms with Crippen LogP contribution in [0.15, 0.2) is 24.3 Å². The van der Waals surface area contributed by atoms with Crippen molar-refractivity contribution in [2.45, 2.75) is 19.3 Å². The Morgan fingerprint density at radius 1 is 1.53 bits per heavy atom. The molecule has 1 atom stereocenters. The summed E-state index contributed by atoms with van der Waals surface area (Å²) in [7, 11) is 0. The molecule has 1 unspecified atom stereocenters. The summed E-state index contributed by atoms with van der Waals surface area (Å²) in [6.07, 6.45) is 4.26. The van der Waals surface area contributed by atoms with Gasteiger partial charge in [0.1, 0.15) is 0 Å². The van der Waals surface area contributed by atoms with Crippen LogP contribution in [0, 0.1) is 5.92 Å². The van der Waals surface area contributed by atoms with Crippen molar-refractivity contribution < 1.29 is 9.90 Å². The van der Waals surface area contributed by atoms with E-state index in [0.717, 1.165) is 24.2 Å². The van der Waals surface area contributed by atoms with Crippen LogP contribution in [0.5, 0.6) is 0 Å². The molecule has 0 saturated carbocycles. The number of carboxylic acid groups (broad SMARTS) is 1. The Morgan fingerprint density at radius 2 is 2.29 bits per heavy atom. The summed E-state index contributed by atoms with van der Waals surface area (Å²) in [5, 5.41) is 9.83. The Bertz CT molecular complexity index is 368. The van der Waals surface area contributed by atoms with E-state index in [-0.39, 0.29) is 5.92 Å². The second-order valence-corrected chi connectivity index (χ2v) is 5.43. The number of carboxylic acids is 1. The first kappa shape index (κ1) is 14.4. The van der Waals surface area contributed by atoms with E-state index >= 15 is 0 Å². The highest BCUT2D eigenvalue weighted by Crippen LogP contribution is 2.18. The summed E-state index contributed by atoms with van der Waals surface area (Å²) < 4.78 is 0. The minimum absolute atomic E-state index is 0.305. The zero-order valence-electron chi connectivity index (χ0n) is 9.86. The lowest BCUT2D eigenvalue weighted by Gasteiger charge is -2.12. The van der Waals surface area contributed by atoms with Crippen molar-refractivity contribution in [1.82, 2.24) is 0 Å². The molecular weight excluding hydrogens is 256 g/mol. The first-order valence-corrected chi connectivity index (χ1v) is 7.37. The number of rotatable bonds is 7. The lowest BCUT2D eigenvalue weighted by Crippen LogP contribution is -2.16. The van der Waals surface area contributed by atoms with Crippen LogP contribution >= 0.6 is 23.4 Å². The Hall–Kier alpha value is -0.670. The van der Waals surface area contributed by atoms with E-state index in [2.05, 4.69) is 0 Å². The van der Waals surface area contributed by atoms with E-state index in [9.17, 15) is 4.79 Å². The Kier molecular flexibility index (Phi) is 6.45. The monoisotopic (exact) mass is 272 g/mol. The first-order valence-electron chi connectivity index (χ1n) is 5.59. The van der Waals surface area contributed by atoms with Gasteiger partial charge in [-0.05, 0) is 49.0 Å². The van der Waals surface area contributed by atoms with Crippen molar-refractivity contribution in [3.8, 4) is 0 Å². The van der Waals surface area contributed by atoms with Crippen LogP contribution < -0.4 is 0 Å². The van der Waals surface area contributed by atoms with E-state index in [1.165, 1.54) is 0 Å². The summed E-state index contributed by atoms with van der Waals surface area (Å²) in [6.45, 7) is 0. The van der Waals surface area contributed by atoms with Gasteiger partial charge in [-0.15, -0.1) is 0 Å². The first-order chi connectivity index (χ1) is 8.13. The topological polar surface area (TPSA) is 37.3 Å². The molecule has 4 heteroatoms. The smallest absolute Gasteiger partial charge is 0.306 e. The molecule has 0 aliphatic carbocycles. The zero-order chi connectivity index (χ0) is 12.7. The number of hydrogen-bond donors (Lipinski definition) is 1. The fourth-order valence-electron chi connectivity index (χ4n) is 1.74. The second kappa shape index (κ2) is 7.62. The maximum Gasteiger partial charge on any atom is 0.306 e. The quantitative estimate of drug-likeness (QED) is 0.769. The molecule has 1 rings (SSSR count). The molecule has 1 aromatic carbocycles. The normalized spacial score (nSPS) is 12.4. The third-order valence-electron chi connectivity index (χ3n) is 2.62. The average Bonchev–Trinajstić information content (AvgIpc) is 2.28. The van der Waals surface area contributed by atoms with Gasteiger partial charge >= 0.3 is 5.97 Å². The predicted molar refractivity (Wildman–Crippen MR) is 73.9 cm³/mol. The van der Waals surface area contributed by atoms with Gasteiger partial charge in [0, 0.05) is 5.02 Å². The molecule has 0 spiro atoms. The summed E-state index contributed by atoms with van der Waals surface area (Å²) in [4.78, 5) is 11.1. The minimum atomic E-state index is -0.717. The zero-order valence-corrected chi connectivity index (χ0v) is 11.4. The molecule has 0 bridgehead atoms. The van der Waals surface area contributed by atoms with Crippen LogP contribution in [0.3, 0.4) is 0 Å². The lowest BCUT2D eigenvalue weighted by atomic mass is 9.95. The van der Waals surface area contributed by atoms with E-state index < -0.39 is 5.97 Å². The SMILES string of the molecule is CSCCCC(Cc1cccc(Cl)c1)C(=O)O. The lowest BCUT2D eigenvalue weighted by molar-refractivity contribution is -0.141. The van der Waals surface area contributed by atoms with Gasteiger partial charge in [0.25, 0.3) is 0 Å². The van der Waals surface area contributed by atoms with Crippen molar-refractivity contribution in [1.29, 1.82) is 0 Å². The Balaban J connectivity index is 2.57. The molecule has 0 aliphatic heterocycles. The molecule has 1 aromatic rings. The molecule has 0 aliphatic rings. The molecule has 0 fully saturated rings. The van der Waals surface area contributed by atoms with Gasteiger partial charge in [-0.1, -0.05) is 23.7 Å². The number of hydrogen-bond acceptors (Lipinski definition) is 2. The van der Waals surface area contributed by atoms with Crippen LogP contribution in [0.4, 0.5) is 0 Å². The fourth-order valence-corrected chi connectivity index (χ4v) is 2.40. The van der Waals surface area contributed by atoms with E-state index in [0.29, 0.717) is 11.4 Å². The molecule has 0 saturated heterocycles. The van der Waals surface area contributed by atoms with Crippen LogP contribution in [-0.4, -0.2) is 23.1 Å². The van der Waals surface area contributed by atoms with Crippen LogP contribution in [-0.2, 0) is 11.2 Å². The summed E-state index contributed by atoms with van der Waals surface area (Å²) >= 11 is 7.63. The number of carbonyl (C=O) groups is 1. The van der Waals surface area contributed by atoms with E-state index in [4.69, 9.17) is 16.7 Å². The molecule has 0 aromatic heterocycles. The van der Waals surface area contributed by atoms with Crippen LogP contribution in [0.25, 0.3) is 0 Å². The van der Waals surface area contributed by atoms with Crippen molar-refractivity contribution in [2.24, 2.45) is 5.92 Å². The van der Waals surface area contributed by atoms with Crippen molar-refractivity contribution in [3.63, 3.8) is 0 Å². The van der Waals surface area contributed by atoms with Gasteiger partial charge in [0.15, 0.2) is 0 Å². The summed E-state index contributed by atoms with van der Waals surface area (Å²) in [5.74, 6) is -0.00836. The largest absolute Gasteiger partial charge is 0.481 e. The minimum Gasteiger partial charge on any atom is -0.481 e.